The number of hydrogen-bond acceptors (Lipinski definition) is 6. The van der Waals surface area contributed by atoms with Gasteiger partial charge >= 0.3 is 5.97 Å². The van der Waals surface area contributed by atoms with Crippen molar-refractivity contribution >= 4 is 23.4 Å². The largest absolute Gasteiger partial charge is 0.491 e. The van der Waals surface area contributed by atoms with Crippen molar-refractivity contribution in [3.05, 3.63) is 83.8 Å². The van der Waals surface area contributed by atoms with Crippen LogP contribution >= 0.6 is 11.3 Å². The lowest BCUT2D eigenvalue weighted by atomic mass is 9.95. The van der Waals surface area contributed by atoms with Gasteiger partial charge in [0.15, 0.2) is 4.80 Å². The van der Waals surface area contributed by atoms with Crippen LogP contribution in [0.15, 0.2) is 51.4 Å². The number of carbonyl (C=O) groups excluding carboxylic acids is 1. The summed E-state index contributed by atoms with van der Waals surface area (Å²) in [6, 6.07) is 9.58. The molecule has 0 radical (unpaired) electrons. The molecule has 3 aromatic rings. The van der Waals surface area contributed by atoms with Crippen molar-refractivity contribution in [3.8, 4) is 5.75 Å². The molecule has 2 aliphatic rings. The third-order valence-electron chi connectivity index (χ3n) is 7.84. The van der Waals surface area contributed by atoms with E-state index in [1.165, 1.54) is 54.8 Å². The monoisotopic (exact) mass is 561 g/mol. The number of nitrogens with zero attached hydrogens (tertiary/aromatic N) is 3. The molecule has 1 aromatic carbocycles. The number of fused-ring (bicyclic) bond motifs is 1. The molecule has 0 amide bonds. The molecular weight excluding hydrogens is 522 g/mol. The van der Waals surface area contributed by atoms with E-state index in [1.807, 2.05) is 44.2 Å². The van der Waals surface area contributed by atoms with Gasteiger partial charge in [-0.15, -0.1) is 0 Å². The SMILES string of the molecule is CCOC(=O)C1=C(C)N=c2s/c(=C/c3cc(C)n(C4CCCCC4)c3C)c(=O)n2[C@@H]1c1ccccc1OC(C)C. The standard InChI is InChI=1S/C32H39N3O4S/c1-7-38-31(37)28-21(5)33-32-35(29(28)25-15-11-12-16-26(25)39-19(2)3)30(36)27(40-32)18-23-17-20(4)34(22(23)6)24-13-9-8-10-14-24/h11-12,15-19,24,29H,7-10,13-14H2,1-6H3/b27-18+/t29-/m1/s1. The molecule has 1 fully saturated rings. The zero-order valence-corrected chi connectivity index (χ0v) is 25.1. The summed E-state index contributed by atoms with van der Waals surface area (Å²) in [5.74, 6) is 0.156. The second-order valence-corrected chi connectivity index (χ2v) is 12.0. The van der Waals surface area contributed by atoms with Crippen LogP contribution in [-0.4, -0.2) is 27.8 Å². The number of allylic oxidation sites excluding steroid dienone is 1. The average Bonchev–Trinajstić information content (AvgIpc) is 3.37. The Balaban J connectivity index is 1.68. The van der Waals surface area contributed by atoms with E-state index in [2.05, 4.69) is 24.5 Å². The molecule has 8 heteroatoms. The molecule has 0 N–H and O–H groups in total. The number of benzene rings is 1. The first-order valence-corrected chi connectivity index (χ1v) is 15.2. The summed E-state index contributed by atoms with van der Waals surface area (Å²) >= 11 is 1.36. The van der Waals surface area contributed by atoms with Crippen LogP contribution in [0.3, 0.4) is 0 Å². The minimum absolute atomic E-state index is 0.0764. The first kappa shape index (κ1) is 28.1. The fourth-order valence-electron chi connectivity index (χ4n) is 6.14. The number of aryl methyl sites for hydroxylation is 1. The molecule has 0 bridgehead atoms. The maximum Gasteiger partial charge on any atom is 0.338 e. The Hall–Kier alpha value is -3.39. The van der Waals surface area contributed by atoms with Gasteiger partial charge in [0, 0.05) is 23.0 Å². The molecule has 3 heterocycles. The van der Waals surface area contributed by atoms with E-state index in [-0.39, 0.29) is 18.3 Å². The van der Waals surface area contributed by atoms with Crippen molar-refractivity contribution in [3.63, 3.8) is 0 Å². The second-order valence-electron chi connectivity index (χ2n) is 11.0. The number of hydrogen-bond donors (Lipinski definition) is 0. The van der Waals surface area contributed by atoms with E-state index in [4.69, 9.17) is 14.5 Å². The summed E-state index contributed by atoms with van der Waals surface area (Å²) in [7, 11) is 0. The molecule has 0 saturated heterocycles. The van der Waals surface area contributed by atoms with Gasteiger partial charge in [0.05, 0.1) is 28.5 Å². The summed E-state index contributed by atoms with van der Waals surface area (Å²) in [4.78, 5) is 32.7. The predicted molar refractivity (Wildman–Crippen MR) is 159 cm³/mol. The number of esters is 1. The van der Waals surface area contributed by atoms with Crippen LogP contribution in [0.1, 0.15) is 94.4 Å². The molecule has 0 spiro atoms. The highest BCUT2D eigenvalue weighted by Gasteiger charge is 2.35. The highest BCUT2D eigenvalue weighted by Crippen LogP contribution is 2.36. The molecule has 7 nitrogen and oxygen atoms in total. The van der Waals surface area contributed by atoms with E-state index >= 15 is 0 Å². The summed E-state index contributed by atoms with van der Waals surface area (Å²) in [6.07, 6.45) is 8.15. The van der Waals surface area contributed by atoms with Crippen molar-refractivity contribution in [2.45, 2.75) is 91.8 Å². The van der Waals surface area contributed by atoms with Crippen molar-refractivity contribution in [2.75, 3.05) is 6.61 Å². The van der Waals surface area contributed by atoms with E-state index < -0.39 is 12.0 Å². The van der Waals surface area contributed by atoms with Gasteiger partial charge in [-0.25, -0.2) is 9.79 Å². The Morgan fingerprint density at radius 1 is 1.12 bits per heavy atom. The molecule has 2 aromatic heterocycles. The van der Waals surface area contributed by atoms with Gasteiger partial charge in [-0.3, -0.25) is 9.36 Å². The summed E-state index contributed by atoms with van der Waals surface area (Å²) in [5, 5.41) is 0. The smallest absolute Gasteiger partial charge is 0.338 e. The van der Waals surface area contributed by atoms with E-state index in [0.29, 0.717) is 32.4 Å². The second kappa shape index (κ2) is 11.6. The van der Waals surface area contributed by atoms with E-state index in [0.717, 1.165) is 11.1 Å². The first-order valence-electron chi connectivity index (χ1n) is 14.3. The number of para-hydroxylation sites is 1. The quantitative estimate of drug-likeness (QED) is 0.357. The van der Waals surface area contributed by atoms with Gasteiger partial charge in [-0.2, -0.15) is 0 Å². The number of rotatable bonds is 7. The summed E-state index contributed by atoms with van der Waals surface area (Å²) < 4.78 is 16.3. The van der Waals surface area contributed by atoms with Crippen molar-refractivity contribution in [1.82, 2.24) is 9.13 Å². The lowest BCUT2D eigenvalue weighted by Gasteiger charge is -2.26. The zero-order chi connectivity index (χ0) is 28.6. The minimum atomic E-state index is -0.706. The molecule has 40 heavy (non-hydrogen) atoms. The van der Waals surface area contributed by atoms with Crippen molar-refractivity contribution < 1.29 is 14.3 Å². The van der Waals surface area contributed by atoms with Crippen LogP contribution in [0.2, 0.25) is 0 Å². The van der Waals surface area contributed by atoms with Crippen LogP contribution in [0, 0.1) is 13.8 Å². The number of ether oxygens (including phenoxy) is 2. The van der Waals surface area contributed by atoms with E-state index in [9.17, 15) is 9.59 Å². The fraction of sp³-hybridized carbons (Fsp3) is 0.469. The van der Waals surface area contributed by atoms with Crippen LogP contribution < -0.4 is 19.6 Å². The Bertz CT molecular complexity index is 1630. The maximum absolute atomic E-state index is 14.1. The van der Waals surface area contributed by atoms with Crippen LogP contribution in [0.25, 0.3) is 6.08 Å². The Labute approximate surface area is 239 Å². The maximum atomic E-state index is 14.1. The lowest BCUT2D eigenvalue weighted by molar-refractivity contribution is -0.139. The van der Waals surface area contributed by atoms with Crippen molar-refractivity contribution in [2.24, 2.45) is 4.99 Å². The first-order chi connectivity index (χ1) is 19.2. The topological polar surface area (TPSA) is 74.8 Å². The predicted octanol–water partition coefficient (Wildman–Crippen LogP) is 5.51. The number of thiazole rings is 1. The number of aromatic nitrogens is 2. The highest BCUT2D eigenvalue weighted by atomic mass is 32.1. The molecule has 1 saturated carbocycles. The third kappa shape index (κ3) is 5.21. The van der Waals surface area contributed by atoms with Gasteiger partial charge in [0.25, 0.3) is 5.56 Å². The van der Waals surface area contributed by atoms with Gasteiger partial charge in [0.1, 0.15) is 11.8 Å². The van der Waals surface area contributed by atoms with E-state index in [1.54, 1.807) is 18.4 Å². The number of carbonyl (C=O) groups is 1. The summed E-state index contributed by atoms with van der Waals surface area (Å²) in [6.45, 7) is 12.0. The Kier molecular flexibility index (Phi) is 8.17. The molecule has 1 aliphatic carbocycles. The molecular formula is C32H39N3O4S. The lowest BCUT2D eigenvalue weighted by Crippen LogP contribution is -2.40. The summed E-state index contributed by atoms with van der Waals surface area (Å²) in [5.41, 5.74) is 4.92. The Morgan fingerprint density at radius 2 is 1.85 bits per heavy atom. The average molecular weight is 562 g/mol. The van der Waals surface area contributed by atoms with Crippen molar-refractivity contribution in [1.29, 1.82) is 0 Å². The van der Waals surface area contributed by atoms with Gasteiger partial charge in [-0.1, -0.05) is 48.8 Å². The molecule has 1 atom stereocenters. The van der Waals surface area contributed by atoms with Gasteiger partial charge in [-0.05, 0) is 78.2 Å². The molecule has 1 aliphatic heterocycles. The minimum Gasteiger partial charge on any atom is -0.491 e. The van der Waals surface area contributed by atoms with Crippen LogP contribution in [-0.2, 0) is 9.53 Å². The highest BCUT2D eigenvalue weighted by molar-refractivity contribution is 7.07. The third-order valence-corrected chi connectivity index (χ3v) is 8.83. The normalized spacial score (nSPS) is 18.2. The molecule has 0 unspecified atom stereocenters. The van der Waals surface area contributed by atoms with Gasteiger partial charge in [0.2, 0.25) is 0 Å². The van der Waals surface area contributed by atoms with Gasteiger partial charge < -0.3 is 14.0 Å². The van der Waals surface area contributed by atoms with Crippen LogP contribution in [0.4, 0.5) is 0 Å². The Morgan fingerprint density at radius 3 is 2.55 bits per heavy atom. The zero-order valence-electron chi connectivity index (χ0n) is 24.3. The molecule has 5 rings (SSSR count). The fourth-order valence-corrected chi connectivity index (χ4v) is 7.18. The van der Waals surface area contributed by atoms with Crippen LogP contribution in [0.5, 0.6) is 5.75 Å². The molecule has 212 valence electrons.